The summed E-state index contributed by atoms with van der Waals surface area (Å²) in [6, 6.07) is 7.94. The second kappa shape index (κ2) is 6.68. The number of aromatic nitrogens is 4. The number of aryl methyl sites for hydroxylation is 1. The molecule has 25 heavy (non-hydrogen) atoms. The number of para-hydroxylation sites is 1. The molecule has 1 amide bonds. The van der Waals surface area contributed by atoms with Crippen LogP contribution in [0.25, 0.3) is 10.9 Å². The molecule has 0 fully saturated rings. The minimum atomic E-state index is -0.0472. The molecule has 4 rings (SSSR count). The Morgan fingerprint density at radius 1 is 1.28 bits per heavy atom. The molecule has 3 aromatic rings. The third-order valence-corrected chi connectivity index (χ3v) is 4.72. The van der Waals surface area contributed by atoms with Gasteiger partial charge in [-0.15, -0.1) is 10.2 Å². The Balaban J connectivity index is 1.43. The van der Waals surface area contributed by atoms with Crippen molar-refractivity contribution in [2.75, 3.05) is 19.6 Å². The minimum Gasteiger partial charge on any atom is -0.352 e. The number of hydrogen-bond donors (Lipinski definition) is 2. The first-order valence-electron chi connectivity index (χ1n) is 8.68. The van der Waals surface area contributed by atoms with E-state index in [0.717, 1.165) is 48.6 Å². The van der Waals surface area contributed by atoms with Crippen molar-refractivity contribution in [3.8, 4) is 0 Å². The highest BCUT2D eigenvalue weighted by atomic mass is 16.1. The van der Waals surface area contributed by atoms with Crippen molar-refractivity contribution in [3.05, 3.63) is 47.7 Å². The van der Waals surface area contributed by atoms with E-state index in [9.17, 15) is 4.79 Å². The predicted octanol–water partition coefficient (Wildman–Crippen LogP) is 0.888. The molecule has 0 aliphatic carbocycles. The van der Waals surface area contributed by atoms with Gasteiger partial charge in [-0.25, -0.2) is 0 Å². The van der Waals surface area contributed by atoms with Crippen LogP contribution in [-0.4, -0.2) is 44.9 Å². The molecule has 7 heteroatoms. The summed E-state index contributed by atoms with van der Waals surface area (Å²) in [5.74, 6) is 1.92. The molecule has 2 aromatic heterocycles. The molecule has 0 saturated heterocycles. The Hall–Kier alpha value is -2.67. The smallest absolute Gasteiger partial charge is 0.253 e. The molecular weight excluding hydrogens is 316 g/mol. The Kier molecular flexibility index (Phi) is 4.23. The number of nitrogens with zero attached hydrogens (tertiary/aromatic N) is 4. The highest BCUT2D eigenvalue weighted by molar-refractivity contribution is 6.06. The van der Waals surface area contributed by atoms with Gasteiger partial charge in [0.2, 0.25) is 0 Å². The van der Waals surface area contributed by atoms with E-state index in [4.69, 9.17) is 0 Å². The van der Waals surface area contributed by atoms with Gasteiger partial charge in [0.25, 0.3) is 5.91 Å². The number of carbonyl (C=O) groups excluding carboxylic acids is 1. The average molecular weight is 338 g/mol. The van der Waals surface area contributed by atoms with Gasteiger partial charge < -0.3 is 19.8 Å². The number of fused-ring (bicyclic) bond motifs is 2. The van der Waals surface area contributed by atoms with Crippen LogP contribution < -0.4 is 10.6 Å². The third kappa shape index (κ3) is 3.02. The Bertz CT molecular complexity index is 910. The Morgan fingerprint density at radius 3 is 3.08 bits per heavy atom. The van der Waals surface area contributed by atoms with Gasteiger partial charge >= 0.3 is 0 Å². The van der Waals surface area contributed by atoms with Crippen molar-refractivity contribution in [1.82, 2.24) is 30.0 Å². The topological polar surface area (TPSA) is 76.8 Å². The van der Waals surface area contributed by atoms with Crippen molar-refractivity contribution < 1.29 is 4.79 Å². The number of benzene rings is 1. The predicted molar refractivity (Wildman–Crippen MR) is 95.6 cm³/mol. The lowest BCUT2D eigenvalue weighted by Gasteiger charge is -2.07. The van der Waals surface area contributed by atoms with Crippen LogP contribution in [0.5, 0.6) is 0 Å². The van der Waals surface area contributed by atoms with E-state index < -0.39 is 0 Å². The fourth-order valence-corrected chi connectivity index (χ4v) is 3.42. The summed E-state index contributed by atoms with van der Waals surface area (Å²) in [5.41, 5.74) is 1.77. The van der Waals surface area contributed by atoms with Crippen molar-refractivity contribution >= 4 is 16.8 Å². The first kappa shape index (κ1) is 15.8. The molecule has 0 radical (unpaired) electrons. The SMILES string of the molecule is Cn1cc(C(=O)NCCc2nnc3n2CCNCC3)c2ccccc21. The molecule has 2 N–H and O–H groups in total. The van der Waals surface area contributed by atoms with Crippen LogP contribution in [0.15, 0.2) is 30.5 Å². The monoisotopic (exact) mass is 338 g/mol. The van der Waals surface area contributed by atoms with Crippen molar-refractivity contribution in [2.45, 2.75) is 19.4 Å². The van der Waals surface area contributed by atoms with Gasteiger partial charge in [0.15, 0.2) is 0 Å². The second-order valence-electron chi connectivity index (χ2n) is 6.36. The summed E-state index contributed by atoms with van der Waals surface area (Å²) < 4.78 is 4.15. The standard InChI is InChI=1S/C18H22N6O/c1-23-12-14(13-4-2-3-5-15(13)23)18(25)20-9-7-17-22-21-16-6-8-19-10-11-24(16)17/h2-5,12,19H,6-11H2,1H3,(H,20,25). The molecule has 1 aromatic carbocycles. The number of hydrogen-bond acceptors (Lipinski definition) is 4. The molecule has 1 aliphatic rings. The number of rotatable bonds is 4. The lowest BCUT2D eigenvalue weighted by molar-refractivity contribution is 0.0955. The molecular formula is C18H22N6O. The van der Waals surface area contributed by atoms with Gasteiger partial charge in [0.05, 0.1) is 5.56 Å². The van der Waals surface area contributed by atoms with Crippen molar-refractivity contribution in [3.63, 3.8) is 0 Å². The maximum atomic E-state index is 12.6. The maximum absolute atomic E-state index is 12.6. The fraction of sp³-hybridized carbons (Fsp3) is 0.389. The zero-order chi connectivity index (χ0) is 17.2. The van der Waals surface area contributed by atoms with Crippen LogP contribution in [0.4, 0.5) is 0 Å². The van der Waals surface area contributed by atoms with Crippen LogP contribution in [0.1, 0.15) is 22.0 Å². The van der Waals surface area contributed by atoms with Gasteiger partial charge in [0, 0.05) is 63.2 Å². The normalized spacial score (nSPS) is 14.3. The number of nitrogens with one attached hydrogen (secondary N) is 2. The summed E-state index contributed by atoms with van der Waals surface area (Å²) in [6.07, 6.45) is 3.47. The van der Waals surface area contributed by atoms with E-state index >= 15 is 0 Å². The summed E-state index contributed by atoms with van der Waals surface area (Å²) >= 11 is 0. The van der Waals surface area contributed by atoms with Gasteiger partial charge in [-0.05, 0) is 6.07 Å². The van der Waals surface area contributed by atoms with E-state index in [-0.39, 0.29) is 5.91 Å². The van der Waals surface area contributed by atoms with E-state index in [2.05, 4.69) is 25.4 Å². The van der Waals surface area contributed by atoms with E-state index in [1.165, 1.54) is 0 Å². The molecule has 3 heterocycles. The zero-order valence-corrected chi connectivity index (χ0v) is 14.3. The van der Waals surface area contributed by atoms with E-state index in [1.54, 1.807) is 0 Å². The van der Waals surface area contributed by atoms with Crippen LogP contribution in [0.2, 0.25) is 0 Å². The summed E-state index contributed by atoms with van der Waals surface area (Å²) in [7, 11) is 1.96. The third-order valence-electron chi connectivity index (χ3n) is 4.72. The van der Waals surface area contributed by atoms with Crippen molar-refractivity contribution in [1.29, 1.82) is 0 Å². The lowest BCUT2D eigenvalue weighted by Crippen LogP contribution is -2.26. The largest absolute Gasteiger partial charge is 0.352 e. The summed E-state index contributed by atoms with van der Waals surface area (Å²) in [6.45, 7) is 3.30. The molecule has 0 spiro atoms. The lowest BCUT2D eigenvalue weighted by atomic mass is 10.1. The molecule has 7 nitrogen and oxygen atoms in total. The highest BCUT2D eigenvalue weighted by Crippen LogP contribution is 2.20. The van der Waals surface area contributed by atoms with Crippen LogP contribution in [-0.2, 0) is 26.4 Å². The summed E-state index contributed by atoms with van der Waals surface area (Å²) in [4.78, 5) is 12.6. The van der Waals surface area contributed by atoms with Crippen LogP contribution in [0.3, 0.4) is 0 Å². The molecule has 0 bridgehead atoms. The minimum absolute atomic E-state index is 0.0472. The first-order chi connectivity index (χ1) is 12.2. The molecule has 0 saturated carbocycles. The zero-order valence-electron chi connectivity index (χ0n) is 14.3. The van der Waals surface area contributed by atoms with E-state index in [1.807, 2.05) is 42.1 Å². The number of carbonyl (C=O) groups is 1. The maximum Gasteiger partial charge on any atom is 0.253 e. The first-order valence-corrected chi connectivity index (χ1v) is 8.68. The molecule has 0 atom stereocenters. The summed E-state index contributed by atoms with van der Waals surface area (Å²) in [5, 5.41) is 15.9. The van der Waals surface area contributed by atoms with Crippen LogP contribution in [0, 0.1) is 0 Å². The van der Waals surface area contributed by atoms with E-state index in [0.29, 0.717) is 18.5 Å². The average Bonchev–Trinajstić information content (AvgIpc) is 3.07. The Labute approximate surface area is 146 Å². The molecule has 130 valence electrons. The van der Waals surface area contributed by atoms with Gasteiger partial charge in [-0.3, -0.25) is 4.79 Å². The highest BCUT2D eigenvalue weighted by Gasteiger charge is 2.16. The Morgan fingerprint density at radius 2 is 2.16 bits per heavy atom. The van der Waals surface area contributed by atoms with Gasteiger partial charge in [0.1, 0.15) is 11.6 Å². The number of amides is 1. The van der Waals surface area contributed by atoms with Gasteiger partial charge in [-0.2, -0.15) is 0 Å². The van der Waals surface area contributed by atoms with Gasteiger partial charge in [-0.1, -0.05) is 18.2 Å². The van der Waals surface area contributed by atoms with Crippen LogP contribution >= 0.6 is 0 Å². The molecule has 0 unspecified atom stereocenters. The second-order valence-corrected chi connectivity index (χ2v) is 6.36. The van der Waals surface area contributed by atoms with Crippen molar-refractivity contribution in [2.24, 2.45) is 7.05 Å². The molecule has 1 aliphatic heterocycles. The quantitative estimate of drug-likeness (QED) is 0.741. The fourth-order valence-electron chi connectivity index (χ4n) is 3.42.